The molecule has 0 aliphatic rings. The van der Waals surface area contributed by atoms with Crippen LogP contribution in [0.5, 0.6) is 0 Å². The van der Waals surface area contributed by atoms with E-state index in [4.69, 9.17) is 9.72 Å². The first-order valence-corrected chi connectivity index (χ1v) is 10.8. The van der Waals surface area contributed by atoms with Gasteiger partial charge in [0, 0.05) is 38.7 Å². The summed E-state index contributed by atoms with van der Waals surface area (Å²) in [6.07, 6.45) is 2.74. The zero-order valence-electron chi connectivity index (χ0n) is 19.1. The van der Waals surface area contributed by atoms with Crippen molar-refractivity contribution in [2.24, 2.45) is 14.1 Å². The van der Waals surface area contributed by atoms with E-state index in [1.54, 1.807) is 18.6 Å². The molecule has 0 amide bonds. The summed E-state index contributed by atoms with van der Waals surface area (Å²) in [6, 6.07) is 16.5. The minimum absolute atomic E-state index is 0.360. The van der Waals surface area contributed by atoms with Gasteiger partial charge in [0.15, 0.2) is 11.2 Å². The highest BCUT2D eigenvalue weighted by atomic mass is 16.5. The Morgan fingerprint density at radius 2 is 1.64 bits per heavy atom. The number of methoxy groups -OCH3 is 1. The van der Waals surface area contributed by atoms with Gasteiger partial charge in [-0.05, 0) is 31.0 Å². The summed E-state index contributed by atoms with van der Waals surface area (Å²) in [5.74, 6) is 0.573. The zero-order chi connectivity index (χ0) is 23.3. The fourth-order valence-corrected chi connectivity index (χ4v) is 4.19. The highest BCUT2D eigenvalue weighted by molar-refractivity contribution is 5.79. The summed E-state index contributed by atoms with van der Waals surface area (Å²) in [4.78, 5) is 30.2. The zero-order valence-corrected chi connectivity index (χ0v) is 19.1. The molecule has 8 heteroatoms. The molecule has 2 aromatic carbocycles. The molecular weight excluding hydrogens is 418 g/mol. The normalized spacial score (nSPS) is 11.6. The Labute approximate surface area is 189 Å². The predicted molar refractivity (Wildman–Crippen MR) is 128 cm³/mol. The van der Waals surface area contributed by atoms with Crippen molar-refractivity contribution in [1.82, 2.24) is 23.1 Å². The largest absolute Gasteiger partial charge is 0.384 e. The second-order valence-corrected chi connectivity index (χ2v) is 8.28. The van der Waals surface area contributed by atoms with Gasteiger partial charge >= 0.3 is 5.69 Å². The molecule has 3 aromatic heterocycles. The van der Waals surface area contributed by atoms with Crippen LogP contribution in [0.3, 0.4) is 0 Å². The SMILES string of the molecule is COCCc1ccc(-n2c(-c3ccc(C)cc3)cn3c4c(=O)n(C)c(=O)n(C)c4nc23)cc1. The third-order valence-electron chi connectivity index (χ3n) is 6.10. The van der Waals surface area contributed by atoms with Crippen LogP contribution in [-0.4, -0.2) is 36.8 Å². The third-order valence-corrected chi connectivity index (χ3v) is 6.10. The van der Waals surface area contributed by atoms with Crippen molar-refractivity contribution in [2.45, 2.75) is 13.3 Å². The van der Waals surface area contributed by atoms with E-state index in [1.807, 2.05) is 29.8 Å². The van der Waals surface area contributed by atoms with Crippen LogP contribution in [0.15, 0.2) is 64.3 Å². The Bertz CT molecular complexity index is 1600. The first kappa shape index (κ1) is 21.0. The van der Waals surface area contributed by atoms with Gasteiger partial charge in [0.2, 0.25) is 5.78 Å². The molecule has 0 N–H and O–H groups in total. The number of nitrogens with zero attached hydrogens (tertiary/aromatic N) is 5. The van der Waals surface area contributed by atoms with E-state index in [0.29, 0.717) is 23.5 Å². The molecule has 0 atom stereocenters. The van der Waals surface area contributed by atoms with E-state index in [9.17, 15) is 9.59 Å². The van der Waals surface area contributed by atoms with Crippen LogP contribution in [0.25, 0.3) is 33.9 Å². The molecule has 0 radical (unpaired) electrons. The van der Waals surface area contributed by atoms with E-state index in [-0.39, 0.29) is 5.56 Å². The predicted octanol–water partition coefficient (Wildman–Crippen LogP) is 2.84. The van der Waals surface area contributed by atoms with Crippen molar-refractivity contribution in [2.75, 3.05) is 13.7 Å². The molecule has 0 fully saturated rings. The average Bonchev–Trinajstić information content (AvgIpc) is 3.37. The average molecular weight is 444 g/mol. The van der Waals surface area contributed by atoms with Gasteiger partial charge in [-0.15, -0.1) is 0 Å². The molecule has 0 aliphatic heterocycles. The van der Waals surface area contributed by atoms with E-state index in [1.165, 1.54) is 22.7 Å². The lowest BCUT2D eigenvalue weighted by Crippen LogP contribution is -2.37. The first-order valence-electron chi connectivity index (χ1n) is 10.8. The summed E-state index contributed by atoms with van der Waals surface area (Å²) in [7, 11) is 4.81. The molecule has 0 bridgehead atoms. The number of benzene rings is 2. The van der Waals surface area contributed by atoms with E-state index >= 15 is 0 Å². The quantitative estimate of drug-likeness (QED) is 0.419. The van der Waals surface area contributed by atoms with E-state index in [2.05, 4.69) is 36.4 Å². The van der Waals surface area contributed by atoms with Crippen LogP contribution >= 0.6 is 0 Å². The smallest absolute Gasteiger partial charge is 0.332 e. The molecule has 168 valence electrons. The number of ether oxygens (including phenoxy) is 1. The number of aryl methyl sites for hydroxylation is 2. The van der Waals surface area contributed by atoms with Crippen LogP contribution in [0, 0.1) is 6.92 Å². The van der Waals surface area contributed by atoms with Gasteiger partial charge in [-0.1, -0.05) is 42.0 Å². The van der Waals surface area contributed by atoms with E-state index in [0.717, 1.165) is 27.9 Å². The van der Waals surface area contributed by atoms with Gasteiger partial charge in [-0.3, -0.25) is 22.9 Å². The molecule has 5 rings (SSSR count). The summed E-state index contributed by atoms with van der Waals surface area (Å²) in [5, 5.41) is 0. The molecule has 5 aromatic rings. The Morgan fingerprint density at radius 1 is 0.939 bits per heavy atom. The van der Waals surface area contributed by atoms with Crippen LogP contribution in [0.4, 0.5) is 0 Å². The fraction of sp³-hybridized carbons (Fsp3) is 0.240. The molecular formula is C25H25N5O3. The van der Waals surface area contributed by atoms with Crippen molar-refractivity contribution in [3.63, 3.8) is 0 Å². The molecule has 33 heavy (non-hydrogen) atoms. The van der Waals surface area contributed by atoms with Crippen LogP contribution in [0.2, 0.25) is 0 Å². The number of hydrogen-bond acceptors (Lipinski definition) is 4. The lowest BCUT2D eigenvalue weighted by Gasteiger charge is -2.10. The fourth-order valence-electron chi connectivity index (χ4n) is 4.19. The highest BCUT2D eigenvalue weighted by Crippen LogP contribution is 2.29. The molecule has 0 spiro atoms. The molecule has 0 aliphatic carbocycles. The van der Waals surface area contributed by atoms with Gasteiger partial charge in [-0.25, -0.2) is 4.79 Å². The lowest BCUT2D eigenvalue weighted by molar-refractivity contribution is 0.202. The molecule has 3 heterocycles. The van der Waals surface area contributed by atoms with E-state index < -0.39 is 5.69 Å². The molecule has 0 unspecified atom stereocenters. The number of aromatic nitrogens is 5. The second kappa shape index (κ2) is 7.90. The maximum absolute atomic E-state index is 13.0. The van der Waals surface area contributed by atoms with Crippen LogP contribution in [0.1, 0.15) is 11.1 Å². The van der Waals surface area contributed by atoms with Crippen molar-refractivity contribution in [3.8, 4) is 16.9 Å². The Kier molecular flexibility index (Phi) is 5.02. The molecule has 0 saturated heterocycles. The van der Waals surface area contributed by atoms with Gasteiger partial charge in [0.05, 0.1) is 12.3 Å². The Hall–Kier alpha value is -3.91. The standard InChI is InChI=1S/C25H25N5O3/c1-16-5-9-18(10-6-16)20-15-29-21-22(27(2)25(32)28(3)23(21)31)26-24(29)30(20)19-11-7-17(8-12-19)13-14-33-4/h5-12,15H,13-14H2,1-4H3. The van der Waals surface area contributed by atoms with Crippen molar-refractivity contribution < 1.29 is 4.74 Å². The third kappa shape index (κ3) is 3.30. The lowest BCUT2D eigenvalue weighted by atomic mass is 10.1. The summed E-state index contributed by atoms with van der Waals surface area (Å²) in [5.41, 5.74) is 5.12. The van der Waals surface area contributed by atoms with Crippen molar-refractivity contribution in [1.29, 1.82) is 0 Å². The molecule has 8 nitrogen and oxygen atoms in total. The maximum atomic E-state index is 13.0. The maximum Gasteiger partial charge on any atom is 0.332 e. The summed E-state index contributed by atoms with van der Waals surface area (Å²) in [6.45, 7) is 2.71. The number of imidazole rings is 2. The van der Waals surface area contributed by atoms with Crippen molar-refractivity contribution in [3.05, 3.63) is 86.7 Å². The second-order valence-electron chi connectivity index (χ2n) is 8.28. The minimum Gasteiger partial charge on any atom is -0.384 e. The van der Waals surface area contributed by atoms with Crippen LogP contribution < -0.4 is 11.2 Å². The summed E-state index contributed by atoms with van der Waals surface area (Å²) < 4.78 is 11.5. The number of fused-ring (bicyclic) bond motifs is 3. The van der Waals surface area contributed by atoms with Crippen molar-refractivity contribution >= 4 is 16.9 Å². The Morgan fingerprint density at radius 3 is 2.30 bits per heavy atom. The number of rotatable bonds is 5. The van der Waals surface area contributed by atoms with Gasteiger partial charge in [0.1, 0.15) is 0 Å². The first-order chi connectivity index (χ1) is 15.9. The summed E-state index contributed by atoms with van der Waals surface area (Å²) >= 11 is 0. The van der Waals surface area contributed by atoms with Crippen LogP contribution in [-0.2, 0) is 25.3 Å². The van der Waals surface area contributed by atoms with Gasteiger partial charge < -0.3 is 4.74 Å². The van der Waals surface area contributed by atoms with Gasteiger partial charge in [-0.2, -0.15) is 4.98 Å². The minimum atomic E-state index is -0.402. The topological polar surface area (TPSA) is 75.5 Å². The highest BCUT2D eigenvalue weighted by Gasteiger charge is 2.21. The monoisotopic (exact) mass is 443 g/mol. The molecule has 0 saturated carbocycles. The number of hydrogen-bond donors (Lipinski definition) is 0. The Balaban J connectivity index is 1.83. The van der Waals surface area contributed by atoms with Gasteiger partial charge in [0.25, 0.3) is 5.56 Å².